The first-order chi connectivity index (χ1) is 14.0. The molecule has 1 N–H and O–H groups in total. The fourth-order valence-electron chi connectivity index (χ4n) is 3.12. The Bertz CT molecular complexity index is 1030. The number of guanidine groups is 1. The van der Waals surface area contributed by atoms with Gasteiger partial charge in [0.2, 0.25) is 5.96 Å². The molecule has 2 aromatic rings. The molecule has 0 spiro atoms. The summed E-state index contributed by atoms with van der Waals surface area (Å²) in [5.74, 6) is 0.645. The third-order valence-corrected chi connectivity index (χ3v) is 5.04. The Balaban J connectivity index is 1.48. The van der Waals surface area contributed by atoms with Crippen LogP contribution in [0.25, 0.3) is 5.57 Å². The summed E-state index contributed by atoms with van der Waals surface area (Å²) in [5.41, 5.74) is 3.42. The number of hydrogen-bond acceptors (Lipinski definition) is 8. The quantitative estimate of drug-likeness (QED) is 0.833. The number of rotatable bonds is 3. The van der Waals surface area contributed by atoms with Crippen molar-refractivity contribution in [2.24, 2.45) is 15.2 Å². The van der Waals surface area contributed by atoms with Gasteiger partial charge < -0.3 is 10.2 Å². The Morgan fingerprint density at radius 1 is 1.28 bits per heavy atom. The zero-order valence-corrected chi connectivity index (χ0v) is 16.8. The van der Waals surface area contributed by atoms with Crippen LogP contribution >= 0.6 is 11.6 Å². The molecule has 2 aliphatic rings. The first-order valence-corrected chi connectivity index (χ1v) is 9.54. The predicted molar refractivity (Wildman–Crippen MR) is 110 cm³/mol. The number of nitrogens with zero attached hydrogens (tertiary/aromatic N) is 7. The van der Waals surface area contributed by atoms with Crippen molar-refractivity contribution in [2.75, 3.05) is 18.4 Å². The van der Waals surface area contributed by atoms with E-state index in [0.29, 0.717) is 23.9 Å². The van der Waals surface area contributed by atoms with E-state index in [0.717, 1.165) is 24.2 Å². The number of pyridine rings is 1. The number of halogens is 1. The summed E-state index contributed by atoms with van der Waals surface area (Å²) in [6.07, 6.45) is 6.89. The van der Waals surface area contributed by atoms with Crippen LogP contribution in [0.4, 0.5) is 5.82 Å². The number of azo groups is 1. The van der Waals surface area contributed by atoms with Gasteiger partial charge in [0.25, 0.3) is 5.91 Å². The van der Waals surface area contributed by atoms with Crippen molar-refractivity contribution in [1.82, 2.24) is 19.9 Å². The van der Waals surface area contributed by atoms with Crippen LogP contribution in [0.5, 0.6) is 0 Å². The minimum Gasteiger partial charge on any atom is -0.335 e. The second-order valence-electron chi connectivity index (χ2n) is 6.80. The van der Waals surface area contributed by atoms with Crippen LogP contribution in [-0.4, -0.2) is 51.0 Å². The fourth-order valence-corrected chi connectivity index (χ4v) is 3.32. The van der Waals surface area contributed by atoms with E-state index in [-0.39, 0.29) is 17.1 Å². The average Bonchev–Trinajstić information content (AvgIpc) is 3.16. The molecule has 1 unspecified atom stereocenters. The molecule has 1 atom stereocenters. The number of carbonyl (C=O) groups is 1. The van der Waals surface area contributed by atoms with Crippen LogP contribution in [0.2, 0.25) is 5.02 Å². The van der Waals surface area contributed by atoms with Gasteiger partial charge in [-0.3, -0.25) is 14.8 Å². The van der Waals surface area contributed by atoms with Crippen molar-refractivity contribution >= 4 is 34.9 Å². The molecule has 1 amide bonds. The molecule has 4 heterocycles. The average molecular weight is 411 g/mol. The lowest BCUT2D eigenvalue weighted by molar-refractivity contribution is 0.102. The van der Waals surface area contributed by atoms with Gasteiger partial charge in [-0.05, 0) is 31.9 Å². The molecule has 0 bridgehead atoms. The molecule has 2 aromatic heterocycles. The third kappa shape index (κ3) is 4.14. The first-order valence-electron chi connectivity index (χ1n) is 9.17. The van der Waals surface area contributed by atoms with Crippen molar-refractivity contribution in [3.8, 4) is 0 Å². The van der Waals surface area contributed by atoms with Gasteiger partial charge in [0, 0.05) is 25.5 Å². The first kappa shape index (κ1) is 19.1. The Morgan fingerprint density at radius 3 is 2.83 bits per heavy atom. The van der Waals surface area contributed by atoms with Crippen LogP contribution in [0.1, 0.15) is 36.3 Å². The van der Waals surface area contributed by atoms with Crippen molar-refractivity contribution in [2.45, 2.75) is 26.4 Å². The Kier molecular flexibility index (Phi) is 5.30. The molecule has 0 saturated heterocycles. The highest BCUT2D eigenvalue weighted by Crippen LogP contribution is 2.26. The molecule has 0 saturated carbocycles. The summed E-state index contributed by atoms with van der Waals surface area (Å²) in [5, 5.41) is 11.2. The Hall–Kier alpha value is -3.20. The molecule has 0 aromatic carbocycles. The monoisotopic (exact) mass is 410 g/mol. The van der Waals surface area contributed by atoms with Gasteiger partial charge in [-0.1, -0.05) is 17.2 Å². The van der Waals surface area contributed by atoms with E-state index in [1.807, 2.05) is 6.92 Å². The maximum atomic E-state index is 12.4. The topological polar surface area (TPSA) is 108 Å². The number of carbonyl (C=O) groups excluding carboxylic acids is 1. The van der Waals surface area contributed by atoms with E-state index >= 15 is 0 Å². The zero-order chi connectivity index (χ0) is 20.4. The minimum atomic E-state index is -0.364. The van der Waals surface area contributed by atoms with Gasteiger partial charge in [-0.2, -0.15) is 5.11 Å². The van der Waals surface area contributed by atoms with Crippen LogP contribution in [0.15, 0.2) is 51.6 Å². The summed E-state index contributed by atoms with van der Waals surface area (Å²) in [4.78, 5) is 31.6. The maximum Gasteiger partial charge on any atom is 0.258 e. The largest absolute Gasteiger partial charge is 0.335 e. The molecule has 2 aliphatic heterocycles. The van der Waals surface area contributed by atoms with Gasteiger partial charge in [-0.25, -0.2) is 9.98 Å². The van der Waals surface area contributed by atoms with Gasteiger partial charge in [-0.15, -0.1) is 5.11 Å². The van der Waals surface area contributed by atoms with E-state index in [9.17, 15) is 4.79 Å². The number of nitrogens with one attached hydrogen (secondary N) is 1. The predicted octanol–water partition coefficient (Wildman–Crippen LogP) is 3.42. The van der Waals surface area contributed by atoms with Crippen LogP contribution in [-0.2, 0) is 0 Å². The highest BCUT2D eigenvalue weighted by Gasteiger charge is 2.24. The van der Waals surface area contributed by atoms with Gasteiger partial charge in [0.1, 0.15) is 0 Å². The van der Waals surface area contributed by atoms with Gasteiger partial charge in [0.05, 0.1) is 28.7 Å². The molecule has 148 valence electrons. The lowest BCUT2D eigenvalue weighted by Crippen LogP contribution is -2.35. The highest BCUT2D eigenvalue weighted by atomic mass is 35.5. The fraction of sp³-hybridized carbons (Fsp3) is 0.316. The van der Waals surface area contributed by atoms with E-state index < -0.39 is 0 Å². The maximum absolute atomic E-state index is 12.4. The van der Waals surface area contributed by atoms with Crippen LogP contribution < -0.4 is 5.32 Å². The molecule has 4 rings (SSSR count). The SMILES string of the molecule is CC1=C(c2cnc(NC(=O)c3ccncc3Cl)cn2)CN(C2=NC(C)N=N2)CC1. The molecule has 29 heavy (non-hydrogen) atoms. The molecular formula is C19H19ClN8O. The molecule has 0 aliphatic carbocycles. The highest BCUT2D eigenvalue weighted by molar-refractivity contribution is 6.34. The summed E-state index contributed by atoms with van der Waals surface area (Å²) >= 11 is 6.01. The third-order valence-electron chi connectivity index (χ3n) is 4.74. The number of aliphatic imine (C=N–C) groups is 1. The van der Waals surface area contributed by atoms with Crippen molar-refractivity contribution < 1.29 is 4.79 Å². The number of anilines is 1. The van der Waals surface area contributed by atoms with E-state index in [2.05, 4.69) is 47.3 Å². The van der Waals surface area contributed by atoms with Crippen molar-refractivity contribution in [1.29, 1.82) is 0 Å². The van der Waals surface area contributed by atoms with Crippen LogP contribution in [0, 0.1) is 0 Å². The Morgan fingerprint density at radius 2 is 2.14 bits per heavy atom. The lowest BCUT2D eigenvalue weighted by atomic mass is 9.99. The summed E-state index contributed by atoms with van der Waals surface area (Å²) in [6.45, 7) is 5.48. The number of aromatic nitrogens is 3. The summed E-state index contributed by atoms with van der Waals surface area (Å²) in [7, 11) is 0. The van der Waals surface area contributed by atoms with Gasteiger partial charge in [0.15, 0.2) is 12.0 Å². The minimum absolute atomic E-state index is 0.128. The smallest absolute Gasteiger partial charge is 0.258 e. The zero-order valence-electron chi connectivity index (χ0n) is 16.0. The molecule has 10 heteroatoms. The van der Waals surface area contributed by atoms with E-state index in [1.54, 1.807) is 12.3 Å². The van der Waals surface area contributed by atoms with E-state index in [4.69, 9.17) is 11.6 Å². The standard InChI is InChI=1S/C19H19ClN8O/c1-11-4-6-28(19-24-12(2)26-27-19)10-14(11)16-8-23-17(9-22-16)25-18(29)13-3-5-21-7-15(13)20/h3,5,7-9,12H,4,6,10H2,1-2H3,(H,23,25,29). The van der Waals surface area contributed by atoms with Crippen molar-refractivity contribution in [3.63, 3.8) is 0 Å². The van der Waals surface area contributed by atoms with Crippen molar-refractivity contribution in [3.05, 3.63) is 52.7 Å². The second-order valence-corrected chi connectivity index (χ2v) is 7.21. The summed E-state index contributed by atoms with van der Waals surface area (Å²) < 4.78 is 0. The number of amides is 1. The Labute approximate surface area is 172 Å². The molecular weight excluding hydrogens is 392 g/mol. The van der Waals surface area contributed by atoms with E-state index in [1.165, 1.54) is 24.2 Å². The summed E-state index contributed by atoms with van der Waals surface area (Å²) in [6, 6.07) is 1.55. The second kappa shape index (κ2) is 8.04. The lowest BCUT2D eigenvalue weighted by Gasteiger charge is -2.29. The van der Waals surface area contributed by atoms with Gasteiger partial charge >= 0.3 is 0 Å². The van der Waals surface area contributed by atoms with Crippen LogP contribution in [0.3, 0.4) is 0 Å². The molecule has 9 nitrogen and oxygen atoms in total. The normalized spacial score (nSPS) is 18.8. The number of hydrogen-bond donors (Lipinski definition) is 1. The molecule has 0 fully saturated rings. The molecule has 0 radical (unpaired) electrons.